The van der Waals surface area contributed by atoms with Crippen molar-refractivity contribution in [3.05, 3.63) is 18.0 Å². The third-order valence-electron chi connectivity index (χ3n) is 5.91. The second-order valence-corrected chi connectivity index (χ2v) is 8.12. The molecule has 0 radical (unpaired) electrons. The highest BCUT2D eigenvalue weighted by atomic mass is 16.2. The molecule has 1 aliphatic heterocycles. The maximum Gasteiger partial charge on any atom is 0.317 e. The number of carbonyl (C=O) groups is 2. The number of aromatic nitrogens is 2. The molecule has 2 heterocycles. The van der Waals surface area contributed by atoms with Gasteiger partial charge in [0.1, 0.15) is 0 Å². The Bertz CT molecular complexity index is 663. The molecule has 142 valence electrons. The SMILES string of the molecule is Cn1cc(CN(C(=O)NC[C@H]2CC(=O)N(C3CCCC3)C2)C2CC2)cn1. The fraction of sp³-hybridized carbons (Fsp3) is 0.737. The van der Waals surface area contributed by atoms with E-state index in [0.29, 0.717) is 31.6 Å². The molecule has 2 saturated carbocycles. The normalized spacial score (nSPS) is 23.7. The number of hydrogen-bond acceptors (Lipinski definition) is 3. The average Bonchev–Trinajstić information content (AvgIpc) is 3.00. The van der Waals surface area contributed by atoms with Crippen LogP contribution in [0.2, 0.25) is 0 Å². The van der Waals surface area contributed by atoms with Gasteiger partial charge in [0, 0.05) is 56.3 Å². The molecule has 7 nitrogen and oxygen atoms in total. The zero-order valence-corrected chi connectivity index (χ0v) is 15.6. The molecule has 1 saturated heterocycles. The van der Waals surface area contributed by atoms with E-state index in [-0.39, 0.29) is 17.9 Å². The Kier molecular flexibility index (Phi) is 4.87. The van der Waals surface area contributed by atoms with Crippen LogP contribution in [0.1, 0.15) is 50.5 Å². The molecule has 26 heavy (non-hydrogen) atoms. The van der Waals surface area contributed by atoms with Crippen molar-refractivity contribution in [2.75, 3.05) is 13.1 Å². The van der Waals surface area contributed by atoms with Gasteiger partial charge in [0.15, 0.2) is 0 Å². The maximum atomic E-state index is 12.7. The minimum absolute atomic E-state index is 0.0110. The Morgan fingerprint density at radius 2 is 2.08 bits per heavy atom. The fourth-order valence-corrected chi connectivity index (χ4v) is 4.35. The number of urea groups is 1. The van der Waals surface area contributed by atoms with Crippen LogP contribution in [-0.4, -0.2) is 56.7 Å². The molecule has 0 unspecified atom stereocenters. The van der Waals surface area contributed by atoms with Gasteiger partial charge < -0.3 is 15.1 Å². The number of nitrogens with zero attached hydrogens (tertiary/aromatic N) is 4. The average molecular weight is 359 g/mol. The van der Waals surface area contributed by atoms with Gasteiger partial charge in [0.25, 0.3) is 0 Å². The summed E-state index contributed by atoms with van der Waals surface area (Å²) < 4.78 is 1.76. The van der Waals surface area contributed by atoms with Crippen LogP contribution in [0.15, 0.2) is 12.4 Å². The number of aryl methyl sites for hydroxylation is 1. The second kappa shape index (κ2) is 7.29. The van der Waals surface area contributed by atoms with Crippen molar-refractivity contribution in [2.24, 2.45) is 13.0 Å². The maximum absolute atomic E-state index is 12.7. The van der Waals surface area contributed by atoms with Crippen LogP contribution in [0, 0.1) is 5.92 Å². The molecule has 1 atom stereocenters. The van der Waals surface area contributed by atoms with Gasteiger partial charge in [0.05, 0.1) is 12.7 Å². The highest BCUT2D eigenvalue weighted by molar-refractivity contribution is 5.79. The summed E-state index contributed by atoms with van der Waals surface area (Å²) in [6, 6.07) is 0.773. The van der Waals surface area contributed by atoms with Crippen molar-refractivity contribution in [1.29, 1.82) is 0 Å². The molecule has 0 aromatic carbocycles. The minimum atomic E-state index is -0.0110. The lowest BCUT2D eigenvalue weighted by molar-refractivity contribution is -0.129. The van der Waals surface area contributed by atoms with Gasteiger partial charge in [0.2, 0.25) is 5.91 Å². The second-order valence-electron chi connectivity index (χ2n) is 8.12. The largest absolute Gasteiger partial charge is 0.339 e. The first-order chi connectivity index (χ1) is 12.6. The van der Waals surface area contributed by atoms with Crippen LogP contribution in [0.5, 0.6) is 0 Å². The minimum Gasteiger partial charge on any atom is -0.339 e. The zero-order chi connectivity index (χ0) is 18.1. The molecule has 0 spiro atoms. The van der Waals surface area contributed by atoms with Gasteiger partial charge in [-0.3, -0.25) is 9.48 Å². The smallest absolute Gasteiger partial charge is 0.317 e. The Morgan fingerprint density at radius 3 is 2.73 bits per heavy atom. The van der Waals surface area contributed by atoms with Crippen molar-refractivity contribution in [1.82, 2.24) is 24.9 Å². The Hall–Kier alpha value is -2.05. The number of rotatable bonds is 6. The number of carbonyl (C=O) groups excluding carboxylic acids is 2. The van der Waals surface area contributed by atoms with Crippen molar-refractivity contribution < 1.29 is 9.59 Å². The molecule has 0 bridgehead atoms. The Labute approximate surface area is 154 Å². The first-order valence-corrected chi connectivity index (χ1v) is 9.91. The molecule has 7 heteroatoms. The van der Waals surface area contributed by atoms with Gasteiger partial charge in [-0.2, -0.15) is 5.10 Å². The zero-order valence-electron chi connectivity index (χ0n) is 15.6. The molecular formula is C19H29N5O2. The molecular weight excluding hydrogens is 330 g/mol. The predicted octanol–water partition coefficient (Wildman–Crippen LogP) is 1.89. The van der Waals surface area contributed by atoms with Crippen molar-refractivity contribution in [2.45, 2.75) is 63.6 Å². The predicted molar refractivity (Wildman–Crippen MR) is 97.2 cm³/mol. The van der Waals surface area contributed by atoms with Crippen LogP contribution in [-0.2, 0) is 18.4 Å². The van der Waals surface area contributed by atoms with Crippen LogP contribution >= 0.6 is 0 Å². The van der Waals surface area contributed by atoms with Crippen LogP contribution in [0.25, 0.3) is 0 Å². The molecule has 4 rings (SSSR count). The van der Waals surface area contributed by atoms with E-state index >= 15 is 0 Å². The number of amides is 3. The topological polar surface area (TPSA) is 70.5 Å². The molecule has 3 amide bonds. The summed E-state index contributed by atoms with van der Waals surface area (Å²) in [5.74, 6) is 0.511. The number of hydrogen-bond donors (Lipinski definition) is 1. The van der Waals surface area contributed by atoms with E-state index in [1.807, 2.05) is 24.3 Å². The highest BCUT2D eigenvalue weighted by Gasteiger charge is 2.37. The van der Waals surface area contributed by atoms with E-state index in [4.69, 9.17) is 0 Å². The number of likely N-dealkylation sites (tertiary alicyclic amines) is 1. The third-order valence-corrected chi connectivity index (χ3v) is 5.91. The van der Waals surface area contributed by atoms with Crippen LogP contribution in [0.3, 0.4) is 0 Å². The van der Waals surface area contributed by atoms with Gasteiger partial charge in [-0.15, -0.1) is 0 Å². The van der Waals surface area contributed by atoms with Gasteiger partial charge in [-0.05, 0) is 25.7 Å². The molecule has 1 N–H and O–H groups in total. The lowest BCUT2D eigenvalue weighted by Gasteiger charge is -2.25. The van der Waals surface area contributed by atoms with Crippen molar-refractivity contribution >= 4 is 11.9 Å². The van der Waals surface area contributed by atoms with Gasteiger partial charge >= 0.3 is 6.03 Å². The highest BCUT2D eigenvalue weighted by Crippen LogP contribution is 2.30. The van der Waals surface area contributed by atoms with E-state index < -0.39 is 0 Å². The summed E-state index contributed by atoms with van der Waals surface area (Å²) in [5.41, 5.74) is 1.05. The van der Waals surface area contributed by atoms with Crippen molar-refractivity contribution in [3.63, 3.8) is 0 Å². The third kappa shape index (κ3) is 3.86. The van der Waals surface area contributed by atoms with Crippen LogP contribution in [0.4, 0.5) is 4.79 Å². The van der Waals surface area contributed by atoms with E-state index in [9.17, 15) is 9.59 Å². The molecule has 3 fully saturated rings. The van der Waals surface area contributed by atoms with Gasteiger partial charge in [-0.25, -0.2) is 4.79 Å². The van der Waals surface area contributed by atoms with Crippen LogP contribution < -0.4 is 5.32 Å². The van der Waals surface area contributed by atoms with E-state index in [2.05, 4.69) is 15.3 Å². The lowest BCUT2D eigenvalue weighted by Crippen LogP contribution is -2.43. The number of nitrogens with one attached hydrogen (secondary N) is 1. The summed E-state index contributed by atoms with van der Waals surface area (Å²) in [6.07, 6.45) is 11.3. The van der Waals surface area contributed by atoms with E-state index in [0.717, 1.165) is 37.8 Å². The summed E-state index contributed by atoms with van der Waals surface area (Å²) >= 11 is 0. The summed E-state index contributed by atoms with van der Waals surface area (Å²) in [5, 5.41) is 7.27. The van der Waals surface area contributed by atoms with E-state index in [1.54, 1.807) is 4.68 Å². The standard InChI is InChI=1S/C19H29N5O2/c1-22-11-15(10-21-22)13-24(17-6-7-17)19(26)20-9-14-8-18(25)23(12-14)16-4-2-3-5-16/h10-11,14,16-17H,2-9,12-13H2,1H3,(H,20,26)/t14-/m1/s1. The molecule has 1 aromatic rings. The van der Waals surface area contributed by atoms with Crippen molar-refractivity contribution in [3.8, 4) is 0 Å². The monoisotopic (exact) mass is 359 g/mol. The first-order valence-electron chi connectivity index (χ1n) is 9.91. The van der Waals surface area contributed by atoms with E-state index in [1.165, 1.54) is 12.8 Å². The Balaban J connectivity index is 1.29. The first kappa shape index (κ1) is 17.4. The molecule has 2 aliphatic carbocycles. The summed E-state index contributed by atoms with van der Waals surface area (Å²) in [7, 11) is 1.89. The fourth-order valence-electron chi connectivity index (χ4n) is 4.35. The summed E-state index contributed by atoms with van der Waals surface area (Å²) in [4.78, 5) is 29.0. The quantitative estimate of drug-likeness (QED) is 0.843. The summed E-state index contributed by atoms with van der Waals surface area (Å²) in [6.45, 7) is 1.99. The Morgan fingerprint density at radius 1 is 1.31 bits per heavy atom. The lowest BCUT2D eigenvalue weighted by atomic mass is 10.1. The van der Waals surface area contributed by atoms with Gasteiger partial charge in [-0.1, -0.05) is 12.8 Å². The molecule has 3 aliphatic rings. The molecule has 1 aromatic heterocycles.